The molecule has 0 spiro atoms. The van der Waals surface area contributed by atoms with Crippen molar-refractivity contribution in [2.45, 2.75) is 6.92 Å². The quantitative estimate of drug-likeness (QED) is 0.464. The minimum Gasteiger partial charge on any atom is -0.257 e. The Kier molecular flexibility index (Phi) is 5.49. The van der Waals surface area contributed by atoms with Crippen molar-refractivity contribution >= 4 is 28.7 Å². The predicted octanol–water partition coefficient (Wildman–Crippen LogP) is 4.86. The molecule has 28 heavy (non-hydrogen) atoms. The van der Waals surface area contributed by atoms with Crippen LogP contribution >= 0.6 is 0 Å². The lowest BCUT2D eigenvalue weighted by Gasteiger charge is -2.22. The van der Waals surface area contributed by atoms with Crippen molar-refractivity contribution in [3.63, 3.8) is 0 Å². The fourth-order valence-electron chi connectivity index (χ4n) is 3.76. The first-order chi connectivity index (χ1) is 13.8. The molecule has 0 bridgehead atoms. The molecule has 0 saturated heterocycles. The predicted molar refractivity (Wildman–Crippen MR) is 121 cm³/mol. The van der Waals surface area contributed by atoms with E-state index in [0.717, 1.165) is 5.69 Å². The van der Waals surface area contributed by atoms with E-state index < -0.39 is 0 Å². The van der Waals surface area contributed by atoms with Gasteiger partial charge in [-0.1, -0.05) is 113 Å². The van der Waals surface area contributed by atoms with Crippen LogP contribution in [0.1, 0.15) is 18.2 Å². The Morgan fingerprint density at radius 3 is 1.61 bits per heavy atom. The molecule has 0 atom stereocenters. The SMILES string of the molecule is CC(=C(B(c1ccccc1)c1ccccc1)c1ccccc1)c1ccccn1. The van der Waals surface area contributed by atoms with Gasteiger partial charge in [0.25, 0.3) is 0 Å². The van der Waals surface area contributed by atoms with E-state index >= 15 is 0 Å². The number of aromatic nitrogens is 1. The second kappa shape index (κ2) is 8.54. The summed E-state index contributed by atoms with van der Waals surface area (Å²) in [5, 5.41) is 0. The maximum absolute atomic E-state index is 4.64. The normalized spacial score (nSPS) is 11.6. The van der Waals surface area contributed by atoms with Gasteiger partial charge in [-0.05, 0) is 30.2 Å². The fourth-order valence-corrected chi connectivity index (χ4v) is 3.76. The highest BCUT2D eigenvalue weighted by Gasteiger charge is 2.27. The van der Waals surface area contributed by atoms with Crippen molar-refractivity contribution in [1.82, 2.24) is 4.98 Å². The summed E-state index contributed by atoms with van der Waals surface area (Å²) in [7, 11) is 0. The van der Waals surface area contributed by atoms with E-state index in [9.17, 15) is 0 Å². The molecule has 2 heteroatoms. The minimum absolute atomic E-state index is 0.131. The van der Waals surface area contributed by atoms with Crippen LogP contribution in [0.2, 0.25) is 0 Å². The molecule has 134 valence electrons. The van der Waals surface area contributed by atoms with Crippen molar-refractivity contribution in [2.24, 2.45) is 0 Å². The molecule has 0 unspecified atom stereocenters. The summed E-state index contributed by atoms with van der Waals surface area (Å²) in [6.45, 7) is 2.32. The molecule has 1 nitrogen and oxygen atoms in total. The van der Waals surface area contributed by atoms with E-state index in [2.05, 4.69) is 115 Å². The van der Waals surface area contributed by atoms with Gasteiger partial charge >= 0.3 is 0 Å². The van der Waals surface area contributed by atoms with E-state index in [0.29, 0.717) is 0 Å². The van der Waals surface area contributed by atoms with Crippen molar-refractivity contribution in [3.05, 3.63) is 127 Å². The number of hydrogen-bond acceptors (Lipinski definition) is 1. The number of benzene rings is 3. The smallest absolute Gasteiger partial charge is 0.242 e. The summed E-state index contributed by atoms with van der Waals surface area (Å²) in [6, 6.07) is 38.2. The van der Waals surface area contributed by atoms with Gasteiger partial charge in [0.2, 0.25) is 6.71 Å². The fraction of sp³-hybridized carbons (Fsp3) is 0.0385. The van der Waals surface area contributed by atoms with E-state index in [4.69, 9.17) is 0 Å². The zero-order valence-electron chi connectivity index (χ0n) is 16.0. The molecule has 0 amide bonds. The summed E-state index contributed by atoms with van der Waals surface area (Å²) in [6.07, 6.45) is 1.86. The summed E-state index contributed by atoms with van der Waals surface area (Å²) >= 11 is 0. The first kappa shape index (κ1) is 18.0. The van der Waals surface area contributed by atoms with Gasteiger partial charge in [-0.3, -0.25) is 4.98 Å². The highest BCUT2D eigenvalue weighted by molar-refractivity contribution is 7.00. The van der Waals surface area contributed by atoms with Crippen LogP contribution in [0.3, 0.4) is 0 Å². The molecule has 0 fully saturated rings. The van der Waals surface area contributed by atoms with Crippen LogP contribution in [0.15, 0.2) is 115 Å². The Hall–Kier alpha value is -3.39. The number of nitrogens with zero attached hydrogens (tertiary/aromatic N) is 1. The van der Waals surface area contributed by atoms with Crippen molar-refractivity contribution in [2.75, 3.05) is 0 Å². The van der Waals surface area contributed by atoms with Crippen molar-refractivity contribution in [3.8, 4) is 0 Å². The maximum Gasteiger partial charge on any atom is 0.242 e. The molecule has 4 aromatic rings. The summed E-state index contributed by atoms with van der Waals surface area (Å²) < 4.78 is 0. The molecular weight excluding hydrogens is 337 g/mol. The van der Waals surface area contributed by atoms with Gasteiger partial charge in [-0.2, -0.15) is 0 Å². The molecule has 3 aromatic carbocycles. The van der Waals surface area contributed by atoms with Gasteiger partial charge < -0.3 is 0 Å². The lowest BCUT2D eigenvalue weighted by atomic mass is 9.34. The topological polar surface area (TPSA) is 12.9 Å². The van der Waals surface area contributed by atoms with Crippen LogP contribution in [-0.2, 0) is 0 Å². The minimum atomic E-state index is 0.131. The monoisotopic (exact) mass is 359 g/mol. The third kappa shape index (κ3) is 3.82. The number of hydrogen-bond donors (Lipinski definition) is 0. The van der Waals surface area contributed by atoms with Gasteiger partial charge in [-0.25, -0.2) is 0 Å². The third-order valence-corrected chi connectivity index (χ3v) is 5.09. The van der Waals surface area contributed by atoms with Gasteiger partial charge in [0.05, 0.1) is 5.69 Å². The Morgan fingerprint density at radius 2 is 1.11 bits per heavy atom. The highest BCUT2D eigenvalue weighted by Crippen LogP contribution is 2.27. The maximum atomic E-state index is 4.64. The number of pyridine rings is 1. The Bertz CT molecular complexity index is 1000. The van der Waals surface area contributed by atoms with Crippen LogP contribution in [0.25, 0.3) is 11.0 Å². The molecule has 0 N–H and O–H groups in total. The lowest BCUT2D eigenvalue weighted by molar-refractivity contribution is 1.27. The van der Waals surface area contributed by atoms with Gasteiger partial charge in [0, 0.05) is 6.20 Å². The van der Waals surface area contributed by atoms with Crippen LogP contribution in [0.4, 0.5) is 0 Å². The van der Waals surface area contributed by atoms with Crippen LogP contribution < -0.4 is 10.9 Å². The average Bonchev–Trinajstić information content (AvgIpc) is 2.79. The molecule has 0 radical (unpaired) electrons. The van der Waals surface area contributed by atoms with Crippen LogP contribution in [-0.4, -0.2) is 11.7 Å². The van der Waals surface area contributed by atoms with Crippen LogP contribution in [0, 0.1) is 0 Å². The molecule has 0 aliphatic rings. The summed E-state index contributed by atoms with van der Waals surface area (Å²) in [5.41, 5.74) is 7.29. The molecular formula is C26H22BN. The summed E-state index contributed by atoms with van der Waals surface area (Å²) in [4.78, 5) is 4.64. The molecule has 1 aromatic heterocycles. The number of rotatable bonds is 5. The van der Waals surface area contributed by atoms with Crippen molar-refractivity contribution < 1.29 is 0 Å². The molecule has 0 saturated carbocycles. The molecule has 0 aliphatic carbocycles. The first-order valence-corrected chi connectivity index (χ1v) is 9.62. The Balaban J connectivity index is 2.00. The van der Waals surface area contributed by atoms with Crippen LogP contribution in [0.5, 0.6) is 0 Å². The van der Waals surface area contributed by atoms with E-state index in [1.54, 1.807) is 0 Å². The Morgan fingerprint density at radius 1 is 0.607 bits per heavy atom. The largest absolute Gasteiger partial charge is 0.257 e. The summed E-state index contributed by atoms with van der Waals surface area (Å²) in [5.74, 6) is 0. The zero-order valence-corrected chi connectivity index (χ0v) is 16.0. The molecule has 0 aliphatic heterocycles. The third-order valence-electron chi connectivity index (χ3n) is 5.09. The standard InChI is InChI=1S/C26H22BN/c1-21(25-19-11-12-20-28-25)26(22-13-5-2-6-14-22)27(23-15-7-3-8-16-23)24-17-9-4-10-18-24/h2-20H,1H3. The molecule has 4 rings (SSSR count). The second-order valence-corrected chi connectivity index (χ2v) is 6.87. The highest BCUT2D eigenvalue weighted by atomic mass is 14.7. The molecule has 1 heterocycles. The average molecular weight is 359 g/mol. The van der Waals surface area contributed by atoms with E-state index in [1.165, 1.54) is 27.5 Å². The van der Waals surface area contributed by atoms with Crippen molar-refractivity contribution in [1.29, 1.82) is 0 Å². The van der Waals surface area contributed by atoms with Gasteiger partial charge in [0.1, 0.15) is 0 Å². The number of allylic oxidation sites excluding steroid dienone is 1. The second-order valence-electron chi connectivity index (χ2n) is 6.87. The van der Waals surface area contributed by atoms with Gasteiger partial charge in [-0.15, -0.1) is 0 Å². The Labute approximate surface area is 167 Å². The zero-order chi connectivity index (χ0) is 19.2. The van der Waals surface area contributed by atoms with E-state index in [1.807, 2.05) is 12.3 Å². The lowest BCUT2D eigenvalue weighted by Crippen LogP contribution is -2.43. The van der Waals surface area contributed by atoms with E-state index in [-0.39, 0.29) is 6.71 Å². The first-order valence-electron chi connectivity index (χ1n) is 9.62. The van der Waals surface area contributed by atoms with Gasteiger partial charge in [0.15, 0.2) is 0 Å².